The molecule has 0 saturated heterocycles. The molecule has 0 spiro atoms. The van der Waals surface area contributed by atoms with Crippen LogP contribution >= 0.6 is 0 Å². The number of rotatable bonds is 2. The minimum Gasteiger partial charge on any atom is -0.465 e. The molecule has 0 unspecified atom stereocenters. The summed E-state index contributed by atoms with van der Waals surface area (Å²) in [6.45, 7) is 0. The van der Waals surface area contributed by atoms with Crippen molar-refractivity contribution in [1.29, 1.82) is 0 Å². The fraction of sp³-hybridized carbons (Fsp3) is 0.286. The quantitative estimate of drug-likeness (QED) is 0.654. The van der Waals surface area contributed by atoms with E-state index in [9.17, 15) is 13.2 Å². The summed E-state index contributed by atoms with van der Waals surface area (Å²) in [6.07, 6.45) is 2.08. The van der Waals surface area contributed by atoms with Gasteiger partial charge in [-0.25, -0.2) is 13.2 Å². The van der Waals surface area contributed by atoms with Crippen molar-refractivity contribution in [3.05, 3.63) is 17.9 Å². The molecule has 1 rings (SSSR count). The zero-order valence-electron chi connectivity index (χ0n) is 7.10. The standard InChI is InChI=1S/C7H8O5S/c1-11-6(8)5-3-4-12-7(5)13(2,9)10/h3-4H,1-2H3. The molecule has 0 bridgehead atoms. The van der Waals surface area contributed by atoms with E-state index in [1.807, 2.05) is 0 Å². The first-order valence-electron chi connectivity index (χ1n) is 3.32. The van der Waals surface area contributed by atoms with Crippen LogP contribution in [0.1, 0.15) is 10.4 Å². The third kappa shape index (κ3) is 1.89. The van der Waals surface area contributed by atoms with E-state index in [0.717, 1.165) is 12.5 Å². The van der Waals surface area contributed by atoms with Crippen molar-refractivity contribution in [2.24, 2.45) is 0 Å². The van der Waals surface area contributed by atoms with E-state index in [-0.39, 0.29) is 10.7 Å². The second-order valence-electron chi connectivity index (χ2n) is 2.39. The highest BCUT2D eigenvalue weighted by atomic mass is 32.2. The highest BCUT2D eigenvalue weighted by molar-refractivity contribution is 7.90. The molecule has 0 amide bonds. The van der Waals surface area contributed by atoms with Crippen LogP contribution in [0.4, 0.5) is 0 Å². The lowest BCUT2D eigenvalue weighted by atomic mass is 10.3. The van der Waals surface area contributed by atoms with Gasteiger partial charge >= 0.3 is 5.97 Å². The predicted molar refractivity (Wildman–Crippen MR) is 43.2 cm³/mol. The number of carbonyl (C=O) groups is 1. The van der Waals surface area contributed by atoms with E-state index in [4.69, 9.17) is 0 Å². The first-order valence-corrected chi connectivity index (χ1v) is 5.22. The molecule has 0 aliphatic rings. The van der Waals surface area contributed by atoms with Crippen molar-refractivity contribution in [1.82, 2.24) is 0 Å². The summed E-state index contributed by atoms with van der Waals surface area (Å²) in [6, 6.07) is 1.25. The Hall–Kier alpha value is -1.30. The van der Waals surface area contributed by atoms with E-state index in [0.29, 0.717) is 0 Å². The van der Waals surface area contributed by atoms with Crippen LogP contribution in [0.25, 0.3) is 0 Å². The molecule has 0 atom stereocenters. The highest BCUT2D eigenvalue weighted by Gasteiger charge is 2.22. The molecular weight excluding hydrogens is 196 g/mol. The van der Waals surface area contributed by atoms with Crippen molar-refractivity contribution < 1.29 is 22.4 Å². The Balaban J connectivity index is 3.26. The summed E-state index contributed by atoms with van der Waals surface area (Å²) in [5.74, 6) is -0.728. The molecule has 1 aromatic rings. The largest absolute Gasteiger partial charge is 0.465 e. The average Bonchev–Trinajstić information content (AvgIpc) is 2.49. The Morgan fingerprint density at radius 3 is 2.62 bits per heavy atom. The summed E-state index contributed by atoms with van der Waals surface area (Å²) < 4.78 is 31.1. The van der Waals surface area contributed by atoms with Gasteiger partial charge in [-0.05, 0) is 6.07 Å². The topological polar surface area (TPSA) is 73.6 Å². The van der Waals surface area contributed by atoms with E-state index < -0.39 is 15.8 Å². The lowest BCUT2D eigenvalue weighted by molar-refractivity contribution is 0.0593. The summed E-state index contributed by atoms with van der Waals surface area (Å²) in [5, 5.41) is -0.362. The Bertz CT molecular complexity index is 414. The number of sulfone groups is 1. The Morgan fingerprint density at radius 1 is 1.54 bits per heavy atom. The van der Waals surface area contributed by atoms with Crippen molar-refractivity contribution >= 4 is 15.8 Å². The Morgan fingerprint density at radius 2 is 2.15 bits per heavy atom. The molecule has 72 valence electrons. The van der Waals surface area contributed by atoms with E-state index >= 15 is 0 Å². The molecule has 1 heterocycles. The molecule has 1 aromatic heterocycles. The van der Waals surface area contributed by atoms with Gasteiger partial charge in [-0.2, -0.15) is 0 Å². The summed E-state index contributed by atoms with van der Waals surface area (Å²) >= 11 is 0. The smallest absolute Gasteiger partial charge is 0.342 e. The fourth-order valence-corrected chi connectivity index (χ4v) is 1.63. The van der Waals surface area contributed by atoms with Crippen LogP contribution in [-0.2, 0) is 14.6 Å². The SMILES string of the molecule is COC(=O)c1ccoc1S(C)(=O)=O. The van der Waals surface area contributed by atoms with Gasteiger partial charge in [-0.15, -0.1) is 0 Å². The highest BCUT2D eigenvalue weighted by Crippen LogP contribution is 2.17. The molecule has 0 aliphatic heterocycles. The van der Waals surface area contributed by atoms with Crippen molar-refractivity contribution in [3.63, 3.8) is 0 Å². The normalized spacial score (nSPS) is 11.2. The average molecular weight is 204 g/mol. The molecule has 0 radical (unpaired) electrons. The van der Waals surface area contributed by atoms with E-state index in [1.54, 1.807) is 0 Å². The zero-order valence-corrected chi connectivity index (χ0v) is 7.92. The maximum atomic E-state index is 11.0. The van der Waals surface area contributed by atoms with Crippen LogP contribution in [0.15, 0.2) is 21.8 Å². The molecular formula is C7H8O5S. The lowest BCUT2D eigenvalue weighted by Gasteiger charge is -1.97. The van der Waals surface area contributed by atoms with E-state index in [2.05, 4.69) is 9.15 Å². The Kier molecular flexibility index (Phi) is 2.42. The third-order valence-corrected chi connectivity index (χ3v) is 2.36. The summed E-state index contributed by atoms with van der Waals surface area (Å²) in [5.41, 5.74) is -0.0787. The van der Waals surface area contributed by atoms with Crippen molar-refractivity contribution in [3.8, 4) is 0 Å². The number of carbonyl (C=O) groups excluding carboxylic acids is 1. The molecule has 5 nitrogen and oxygen atoms in total. The van der Waals surface area contributed by atoms with Crippen molar-refractivity contribution in [2.75, 3.05) is 13.4 Å². The number of furan rings is 1. The first-order chi connectivity index (χ1) is 5.96. The van der Waals surface area contributed by atoms with Gasteiger partial charge in [-0.3, -0.25) is 0 Å². The van der Waals surface area contributed by atoms with Gasteiger partial charge < -0.3 is 9.15 Å². The van der Waals surface area contributed by atoms with Crippen LogP contribution in [0, 0.1) is 0 Å². The molecule has 0 N–H and O–H groups in total. The van der Waals surface area contributed by atoms with E-state index in [1.165, 1.54) is 13.2 Å². The molecule has 13 heavy (non-hydrogen) atoms. The van der Waals surface area contributed by atoms with Gasteiger partial charge in [0.2, 0.25) is 14.9 Å². The van der Waals surface area contributed by atoms with Gasteiger partial charge in [0.15, 0.2) is 0 Å². The number of hydrogen-bond acceptors (Lipinski definition) is 5. The van der Waals surface area contributed by atoms with Crippen LogP contribution in [0.3, 0.4) is 0 Å². The monoisotopic (exact) mass is 204 g/mol. The second kappa shape index (κ2) is 3.21. The van der Waals surface area contributed by atoms with Crippen LogP contribution in [-0.4, -0.2) is 27.8 Å². The zero-order chi connectivity index (χ0) is 10.1. The summed E-state index contributed by atoms with van der Waals surface area (Å²) in [7, 11) is -2.34. The lowest BCUT2D eigenvalue weighted by Crippen LogP contribution is -2.06. The maximum Gasteiger partial charge on any atom is 0.342 e. The molecule has 0 fully saturated rings. The summed E-state index contributed by atoms with van der Waals surface area (Å²) in [4.78, 5) is 11.0. The number of methoxy groups -OCH3 is 1. The number of esters is 1. The Labute approximate surface area is 75.2 Å². The predicted octanol–water partition coefficient (Wildman–Crippen LogP) is 0.470. The molecule has 0 aliphatic carbocycles. The second-order valence-corrected chi connectivity index (χ2v) is 4.30. The molecule has 0 aromatic carbocycles. The van der Waals surface area contributed by atoms with Gasteiger partial charge in [0.05, 0.1) is 13.4 Å². The van der Waals surface area contributed by atoms with Gasteiger partial charge in [0.1, 0.15) is 5.56 Å². The van der Waals surface area contributed by atoms with Gasteiger partial charge in [-0.1, -0.05) is 0 Å². The van der Waals surface area contributed by atoms with Crippen LogP contribution in [0.2, 0.25) is 0 Å². The fourth-order valence-electron chi connectivity index (χ4n) is 0.844. The molecule has 0 saturated carbocycles. The van der Waals surface area contributed by atoms with Crippen LogP contribution < -0.4 is 0 Å². The van der Waals surface area contributed by atoms with Gasteiger partial charge in [0, 0.05) is 6.26 Å². The van der Waals surface area contributed by atoms with Crippen LogP contribution in [0.5, 0.6) is 0 Å². The first kappa shape index (κ1) is 9.79. The van der Waals surface area contributed by atoms with Gasteiger partial charge in [0.25, 0.3) is 0 Å². The third-order valence-electron chi connectivity index (χ3n) is 1.37. The number of hydrogen-bond donors (Lipinski definition) is 0. The minimum absolute atomic E-state index is 0.0787. The molecule has 6 heteroatoms. The minimum atomic E-state index is -3.51. The number of ether oxygens (including phenoxy) is 1. The van der Waals surface area contributed by atoms with Crippen molar-refractivity contribution in [2.45, 2.75) is 5.09 Å². The maximum absolute atomic E-state index is 11.0.